The Labute approximate surface area is 162 Å². The summed E-state index contributed by atoms with van der Waals surface area (Å²) in [6.07, 6.45) is -2.04. The van der Waals surface area contributed by atoms with E-state index >= 15 is 0 Å². The van der Waals surface area contributed by atoms with Crippen LogP contribution in [0.5, 0.6) is 0 Å². The largest absolute Gasteiger partial charge is 0.419 e. The lowest BCUT2D eigenvalue weighted by atomic mass is 10.2. The average Bonchev–Trinajstić information content (AvgIpc) is 3.30. The van der Waals surface area contributed by atoms with Gasteiger partial charge in [-0.1, -0.05) is 6.07 Å². The summed E-state index contributed by atoms with van der Waals surface area (Å²) in [6, 6.07) is 7.55. The van der Waals surface area contributed by atoms with Crippen LogP contribution in [0.25, 0.3) is 16.7 Å². The summed E-state index contributed by atoms with van der Waals surface area (Å²) < 4.78 is 66.9. The molecule has 3 heterocycles. The summed E-state index contributed by atoms with van der Waals surface area (Å²) in [5.41, 5.74) is 0.724. The molecule has 0 spiro atoms. The van der Waals surface area contributed by atoms with Gasteiger partial charge >= 0.3 is 6.18 Å². The number of pyridine rings is 1. The lowest BCUT2D eigenvalue weighted by molar-refractivity contribution is -0.137. The van der Waals surface area contributed by atoms with Crippen LogP contribution in [0.1, 0.15) is 11.3 Å². The van der Waals surface area contributed by atoms with Gasteiger partial charge in [0.15, 0.2) is 5.82 Å². The third-order valence-corrected chi connectivity index (χ3v) is 5.54. The fourth-order valence-electron chi connectivity index (χ4n) is 2.79. The molecule has 0 saturated heterocycles. The highest BCUT2D eigenvalue weighted by atomic mass is 32.2. The molecular formula is C17H13F3N6O2S. The molecule has 12 heteroatoms. The molecule has 0 aliphatic carbocycles. The predicted octanol–water partition coefficient (Wildman–Crippen LogP) is 3.27. The van der Waals surface area contributed by atoms with E-state index in [2.05, 4.69) is 25.0 Å². The van der Waals surface area contributed by atoms with Crippen LogP contribution in [0.4, 0.5) is 18.9 Å². The van der Waals surface area contributed by atoms with Gasteiger partial charge in [-0.2, -0.15) is 23.4 Å². The number of nitrogens with zero attached hydrogens (tertiary/aromatic N) is 4. The van der Waals surface area contributed by atoms with Gasteiger partial charge < -0.3 is 0 Å². The van der Waals surface area contributed by atoms with Crippen LogP contribution in [0.3, 0.4) is 0 Å². The van der Waals surface area contributed by atoms with Crippen molar-refractivity contribution in [1.29, 1.82) is 0 Å². The third kappa shape index (κ3) is 3.53. The Morgan fingerprint density at radius 2 is 1.93 bits per heavy atom. The number of hydrogen-bond acceptors (Lipinski definition) is 5. The number of alkyl halides is 3. The molecular weight excluding hydrogens is 409 g/mol. The van der Waals surface area contributed by atoms with Crippen molar-refractivity contribution >= 4 is 26.6 Å². The minimum Gasteiger partial charge on any atom is -0.279 e. The highest BCUT2D eigenvalue weighted by Crippen LogP contribution is 2.29. The Balaban J connectivity index is 1.62. The van der Waals surface area contributed by atoms with Gasteiger partial charge in [-0.05, 0) is 31.2 Å². The lowest BCUT2D eigenvalue weighted by Gasteiger charge is -2.10. The van der Waals surface area contributed by atoms with E-state index < -0.39 is 21.8 Å². The normalized spacial score (nSPS) is 12.4. The topological polar surface area (TPSA) is 106 Å². The number of benzene rings is 1. The Morgan fingerprint density at radius 3 is 2.59 bits per heavy atom. The molecule has 0 unspecified atom stereocenters. The van der Waals surface area contributed by atoms with Crippen molar-refractivity contribution < 1.29 is 21.6 Å². The number of rotatable bonds is 4. The van der Waals surface area contributed by atoms with Crippen LogP contribution < -0.4 is 4.72 Å². The Morgan fingerprint density at radius 1 is 1.14 bits per heavy atom. The predicted molar refractivity (Wildman–Crippen MR) is 98.0 cm³/mol. The molecule has 3 aromatic heterocycles. The minimum atomic E-state index is -4.53. The fraction of sp³-hybridized carbons (Fsp3) is 0.118. The van der Waals surface area contributed by atoms with Crippen molar-refractivity contribution in [2.45, 2.75) is 18.0 Å². The van der Waals surface area contributed by atoms with Crippen molar-refractivity contribution in [3.63, 3.8) is 0 Å². The zero-order chi connectivity index (χ0) is 20.8. The maximum absolute atomic E-state index is 12.7. The summed E-state index contributed by atoms with van der Waals surface area (Å²) in [6.45, 7) is 1.74. The highest BCUT2D eigenvalue weighted by Gasteiger charge is 2.32. The summed E-state index contributed by atoms with van der Waals surface area (Å²) >= 11 is 0. The van der Waals surface area contributed by atoms with Crippen LogP contribution in [-0.4, -0.2) is 33.4 Å². The minimum absolute atomic E-state index is 0.0484. The SMILES string of the molecule is Cc1n[nH]c2cccc(NS(=O)(=O)c3ccc(-n4cc(C(F)(F)F)cn4)nc3)c12. The van der Waals surface area contributed by atoms with Crippen molar-refractivity contribution in [3.05, 3.63) is 60.2 Å². The van der Waals surface area contributed by atoms with Gasteiger partial charge in [-0.3, -0.25) is 9.82 Å². The van der Waals surface area contributed by atoms with E-state index in [1.807, 2.05) is 0 Å². The fourth-order valence-corrected chi connectivity index (χ4v) is 3.80. The van der Waals surface area contributed by atoms with E-state index in [4.69, 9.17) is 0 Å². The lowest BCUT2D eigenvalue weighted by Crippen LogP contribution is -2.14. The number of fused-ring (bicyclic) bond motifs is 1. The molecule has 4 rings (SSSR count). The number of aryl methyl sites for hydroxylation is 1. The molecule has 0 saturated carbocycles. The Bertz CT molecular complexity index is 1290. The summed E-state index contributed by atoms with van der Waals surface area (Å²) in [5.74, 6) is 0.0484. The number of sulfonamides is 1. The molecule has 150 valence electrons. The monoisotopic (exact) mass is 422 g/mol. The number of aromatic amines is 1. The van der Waals surface area contributed by atoms with Gasteiger partial charge in [0.1, 0.15) is 4.90 Å². The quantitative estimate of drug-likeness (QED) is 0.525. The number of H-pyrrole nitrogens is 1. The molecule has 0 aliphatic heterocycles. The summed E-state index contributed by atoms with van der Waals surface area (Å²) in [7, 11) is -3.98. The molecule has 0 fully saturated rings. The van der Waals surface area contributed by atoms with Crippen LogP contribution in [0, 0.1) is 6.92 Å². The van der Waals surface area contributed by atoms with Crippen molar-refractivity contribution in [2.24, 2.45) is 0 Å². The molecule has 0 radical (unpaired) electrons. The van der Waals surface area contributed by atoms with E-state index in [1.54, 1.807) is 25.1 Å². The molecule has 2 N–H and O–H groups in total. The van der Waals surface area contributed by atoms with Gasteiger partial charge in [0.25, 0.3) is 10.0 Å². The van der Waals surface area contributed by atoms with Crippen molar-refractivity contribution in [2.75, 3.05) is 4.72 Å². The number of nitrogens with one attached hydrogen (secondary N) is 2. The summed E-state index contributed by atoms with van der Waals surface area (Å²) in [5, 5.41) is 11.1. The molecule has 0 bridgehead atoms. The van der Waals surface area contributed by atoms with Crippen molar-refractivity contribution in [1.82, 2.24) is 25.0 Å². The standard InChI is InChI=1S/C17H13F3N6O2S/c1-10-16-13(24-23-10)3-2-4-14(16)25-29(27,28)12-5-6-15(21-8-12)26-9-11(7-22-26)17(18,19)20/h2-9,25H,1H3,(H,23,24). The zero-order valence-corrected chi connectivity index (χ0v) is 15.6. The molecule has 0 atom stereocenters. The first-order valence-electron chi connectivity index (χ1n) is 8.20. The maximum Gasteiger partial charge on any atom is 0.419 e. The zero-order valence-electron chi connectivity index (χ0n) is 14.8. The second-order valence-electron chi connectivity index (χ2n) is 6.17. The van der Waals surface area contributed by atoms with E-state index in [0.717, 1.165) is 17.1 Å². The molecule has 4 aromatic rings. The molecule has 29 heavy (non-hydrogen) atoms. The molecule has 8 nitrogen and oxygen atoms in total. The van der Waals surface area contributed by atoms with Gasteiger partial charge in [-0.25, -0.2) is 18.1 Å². The highest BCUT2D eigenvalue weighted by molar-refractivity contribution is 7.92. The number of hydrogen-bond donors (Lipinski definition) is 2. The third-order valence-electron chi connectivity index (χ3n) is 4.19. The smallest absolute Gasteiger partial charge is 0.279 e. The second kappa shape index (κ2) is 6.58. The first-order chi connectivity index (χ1) is 13.6. The maximum atomic E-state index is 12.7. The van der Waals surface area contributed by atoms with E-state index in [1.165, 1.54) is 12.1 Å². The number of halogens is 3. The number of aromatic nitrogens is 5. The van der Waals surface area contributed by atoms with Crippen LogP contribution in [-0.2, 0) is 16.2 Å². The van der Waals surface area contributed by atoms with Crippen LogP contribution >= 0.6 is 0 Å². The molecule has 0 aliphatic rings. The van der Waals surface area contributed by atoms with Crippen LogP contribution in [0.15, 0.2) is 53.8 Å². The van der Waals surface area contributed by atoms with E-state index in [0.29, 0.717) is 28.5 Å². The Kier molecular flexibility index (Phi) is 4.30. The first-order valence-corrected chi connectivity index (χ1v) is 9.68. The first kappa shape index (κ1) is 18.9. The van der Waals surface area contributed by atoms with E-state index in [9.17, 15) is 21.6 Å². The van der Waals surface area contributed by atoms with Crippen molar-refractivity contribution in [3.8, 4) is 5.82 Å². The second-order valence-corrected chi connectivity index (χ2v) is 7.85. The van der Waals surface area contributed by atoms with Gasteiger partial charge in [0, 0.05) is 17.8 Å². The van der Waals surface area contributed by atoms with Crippen LogP contribution in [0.2, 0.25) is 0 Å². The van der Waals surface area contributed by atoms with Gasteiger partial charge in [0.05, 0.1) is 28.7 Å². The van der Waals surface area contributed by atoms with Gasteiger partial charge in [-0.15, -0.1) is 0 Å². The number of anilines is 1. The Hall–Kier alpha value is -3.41. The summed E-state index contributed by atoms with van der Waals surface area (Å²) in [4.78, 5) is 3.77. The van der Waals surface area contributed by atoms with Gasteiger partial charge in [0.2, 0.25) is 0 Å². The molecule has 1 aromatic carbocycles. The van der Waals surface area contributed by atoms with E-state index in [-0.39, 0.29) is 10.7 Å². The average molecular weight is 422 g/mol. The molecule has 0 amide bonds.